The van der Waals surface area contributed by atoms with Crippen molar-refractivity contribution >= 4 is 11.8 Å². The van der Waals surface area contributed by atoms with Crippen LogP contribution in [0.3, 0.4) is 0 Å². The number of piperidine rings is 1. The number of aliphatic hydroxyl groups is 1. The number of carbonyl (C=O) groups is 2. The first-order valence-electron chi connectivity index (χ1n) is 10.3. The van der Waals surface area contributed by atoms with Gasteiger partial charge in [-0.05, 0) is 49.4 Å². The first kappa shape index (κ1) is 22.0. The molecule has 1 atom stereocenters. The van der Waals surface area contributed by atoms with Crippen molar-refractivity contribution in [1.29, 1.82) is 0 Å². The minimum Gasteiger partial charge on any atom is -0.380 e. The highest BCUT2D eigenvalue weighted by molar-refractivity contribution is 5.85. The van der Waals surface area contributed by atoms with Gasteiger partial charge in [0.2, 0.25) is 5.91 Å². The van der Waals surface area contributed by atoms with Gasteiger partial charge >= 0.3 is 0 Å². The third kappa shape index (κ3) is 5.45. The molecule has 1 heterocycles. The van der Waals surface area contributed by atoms with E-state index in [4.69, 9.17) is 0 Å². The quantitative estimate of drug-likeness (QED) is 0.766. The van der Waals surface area contributed by atoms with Crippen molar-refractivity contribution < 1.29 is 19.1 Å². The molecule has 0 spiro atoms. The van der Waals surface area contributed by atoms with Gasteiger partial charge < -0.3 is 15.3 Å². The van der Waals surface area contributed by atoms with E-state index >= 15 is 0 Å². The van der Waals surface area contributed by atoms with E-state index in [0.717, 1.165) is 11.1 Å². The average Bonchev–Trinajstić information content (AvgIpc) is 2.74. The molecule has 0 aliphatic carbocycles. The maximum Gasteiger partial charge on any atom is 0.254 e. The number of nitrogens with zero attached hydrogens (tertiary/aromatic N) is 1. The fraction of sp³-hybridized carbons (Fsp3) is 0.417. The Morgan fingerprint density at radius 3 is 2.43 bits per heavy atom. The smallest absolute Gasteiger partial charge is 0.254 e. The molecule has 2 aromatic rings. The Hall–Kier alpha value is -2.73. The molecule has 2 aromatic carbocycles. The Bertz CT molecular complexity index is 891. The van der Waals surface area contributed by atoms with Crippen molar-refractivity contribution in [2.24, 2.45) is 5.92 Å². The number of hydrogen-bond acceptors (Lipinski definition) is 3. The summed E-state index contributed by atoms with van der Waals surface area (Å²) < 4.78 is 13.6. The normalized spacial score (nSPS) is 16.7. The van der Waals surface area contributed by atoms with Gasteiger partial charge in [0.1, 0.15) is 11.4 Å². The molecule has 3 rings (SSSR count). The highest BCUT2D eigenvalue weighted by Gasteiger charge is 2.37. The molecule has 5 nitrogen and oxygen atoms in total. The van der Waals surface area contributed by atoms with Crippen molar-refractivity contribution in [2.75, 3.05) is 13.1 Å². The van der Waals surface area contributed by atoms with Gasteiger partial charge in [-0.15, -0.1) is 0 Å². The summed E-state index contributed by atoms with van der Waals surface area (Å²) >= 11 is 0. The molecule has 2 amide bonds. The van der Waals surface area contributed by atoms with Gasteiger partial charge in [0.05, 0.1) is 0 Å². The predicted octanol–water partition coefficient (Wildman–Crippen LogP) is 2.98. The molecule has 30 heavy (non-hydrogen) atoms. The molecule has 0 saturated carbocycles. The van der Waals surface area contributed by atoms with Crippen LogP contribution in [0.1, 0.15) is 36.5 Å². The molecule has 2 N–H and O–H groups in total. The van der Waals surface area contributed by atoms with E-state index in [1.165, 1.54) is 6.07 Å². The fourth-order valence-corrected chi connectivity index (χ4v) is 3.83. The molecular formula is C24H29FN2O3. The first-order chi connectivity index (χ1) is 14.3. The van der Waals surface area contributed by atoms with E-state index in [1.54, 1.807) is 30.9 Å². The second-order valence-electron chi connectivity index (χ2n) is 8.30. The number of amides is 2. The van der Waals surface area contributed by atoms with Crippen molar-refractivity contribution in [1.82, 2.24) is 10.2 Å². The Kier molecular flexibility index (Phi) is 6.87. The summed E-state index contributed by atoms with van der Waals surface area (Å²) in [6.45, 7) is 4.38. The van der Waals surface area contributed by atoms with E-state index in [1.807, 2.05) is 30.3 Å². The number of likely N-dealkylation sites (tertiary alicyclic amines) is 1. The molecule has 1 aliphatic heterocycles. The van der Waals surface area contributed by atoms with Crippen LogP contribution in [0.25, 0.3) is 0 Å². The van der Waals surface area contributed by atoms with E-state index in [2.05, 4.69) is 5.32 Å². The van der Waals surface area contributed by atoms with Crippen LogP contribution in [0.2, 0.25) is 0 Å². The summed E-state index contributed by atoms with van der Waals surface area (Å²) in [5, 5.41) is 13.6. The minimum atomic E-state index is -1.48. The maximum atomic E-state index is 13.6. The van der Waals surface area contributed by atoms with Crippen LogP contribution < -0.4 is 5.32 Å². The molecule has 160 valence electrons. The Labute approximate surface area is 176 Å². The number of nitrogens with one attached hydrogen (secondary N) is 1. The molecule has 1 aliphatic rings. The highest BCUT2D eigenvalue weighted by atomic mass is 19.1. The Balaban J connectivity index is 1.49. The molecular weight excluding hydrogens is 383 g/mol. The summed E-state index contributed by atoms with van der Waals surface area (Å²) in [4.78, 5) is 26.9. The SMILES string of the molecule is Cc1ccc(CNC(=O)C2CCN(C(=O)[C@@](C)(O)Cc3ccccc3)CC2)cc1F. The monoisotopic (exact) mass is 412 g/mol. The molecule has 1 saturated heterocycles. The lowest BCUT2D eigenvalue weighted by molar-refractivity contribution is -0.151. The van der Waals surface area contributed by atoms with Crippen LogP contribution in [0.4, 0.5) is 4.39 Å². The van der Waals surface area contributed by atoms with Crippen molar-refractivity contribution in [3.8, 4) is 0 Å². The Morgan fingerprint density at radius 1 is 1.13 bits per heavy atom. The van der Waals surface area contributed by atoms with Crippen molar-refractivity contribution in [3.63, 3.8) is 0 Å². The fourth-order valence-electron chi connectivity index (χ4n) is 3.83. The third-order valence-electron chi connectivity index (χ3n) is 5.71. The van der Waals surface area contributed by atoms with Crippen LogP contribution in [-0.2, 0) is 22.6 Å². The second kappa shape index (κ2) is 9.39. The van der Waals surface area contributed by atoms with E-state index < -0.39 is 5.60 Å². The van der Waals surface area contributed by atoms with Gasteiger partial charge in [0, 0.05) is 32.0 Å². The zero-order valence-electron chi connectivity index (χ0n) is 17.5. The topological polar surface area (TPSA) is 69.6 Å². The molecule has 1 fully saturated rings. The maximum absolute atomic E-state index is 13.6. The standard InChI is InChI=1S/C24H29FN2O3/c1-17-8-9-19(14-21(17)25)16-26-22(28)20-10-12-27(13-11-20)23(29)24(2,30)15-18-6-4-3-5-7-18/h3-9,14,20,30H,10-13,15-16H2,1-2H3,(H,26,28)/t24-/m0/s1. The van der Waals surface area contributed by atoms with Gasteiger partial charge in [0.25, 0.3) is 5.91 Å². The minimum absolute atomic E-state index is 0.0841. The zero-order valence-corrected chi connectivity index (χ0v) is 17.5. The summed E-state index contributed by atoms with van der Waals surface area (Å²) in [7, 11) is 0. The summed E-state index contributed by atoms with van der Waals surface area (Å²) in [6.07, 6.45) is 1.34. The number of aryl methyl sites for hydroxylation is 1. The molecule has 6 heteroatoms. The van der Waals surface area contributed by atoms with Gasteiger partial charge in [-0.3, -0.25) is 9.59 Å². The third-order valence-corrected chi connectivity index (χ3v) is 5.71. The van der Waals surface area contributed by atoms with Crippen LogP contribution >= 0.6 is 0 Å². The van der Waals surface area contributed by atoms with Crippen LogP contribution in [-0.4, -0.2) is 40.5 Å². The van der Waals surface area contributed by atoms with Gasteiger partial charge in [-0.2, -0.15) is 0 Å². The second-order valence-corrected chi connectivity index (χ2v) is 8.30. The van der Waals surface area contributed by atoms with Crippen molar-refractivity contribution in [3.05, 3.63) is 71.0 Å². The summed E-state index contributed by atoms with van der Waals surface area (Å²) in [5.74, 6) is -0.862. The largest absolute Gasteiger partial charge is 0.380 e. The van der Waals surface area contributed by atoms with E-state index in [0.29, 0.717) is 31.5 Å². The average molecular weight is 413 g/mol. The number of benzene rings is 2. The molecule has 0 unspecified atom stereocenters. The predicted molar refractivity (Wildman–Crippen MR) is 113 cm³/mol. The number of halogens is 1. The van der Waals surface area contributed by atoms with Gasteiger partial charge in [-0.25, -0.2) is 4.39 Å². The first-order valence-corrected chi connectivity index (χ1v) is 10.3. The Morgan fingerprint density at radius 2 is 1.80 bits per heavy atom. The van der Waals surface area contributed by atoms with Crippen molar-refractivity contribution in [2.45, 2.75) is 45.3 Å². The molecule has 0 aromatic heterocycles. The highest BCUT2D eigenvalue weighted by Crippen LogP contribution is 2.23. The van der Waals surface area contributed by atoms with Gasteiger partial charge in [0.15, 0.2) is 0 Å². The number of rotatable bonds is 6. The van der Waals surface area contributed by atoms with Gasteiger partial charge in [-0.1, -0.05) is 42.5 Å². The molecule has 0 bridgehead atoms. The zero-order chi connectivity index (χ0) is 21.7. The van der Waals surface area contributed by atoms with Crippen LogP contribution in [0, 0.1) is 18.7 Å². The summed E-state index contributed by atoms with van der Waals surface area (Å²) in [5.41, 5.74) is 0.713. The van der Waals surface area contributed by atoms with Crippen LogP contribution in [0.15, 0.2) is 48.5 Å². The number of carbonyl (C=O) groups excluding carboxylic acids is 2. The number of hydrogen-bond donors (Lipinski definition) is 2. The van der Waals surface area contributed by atoms with E-state index in [9.17, 15) is 19.1 Å². The molecule has 0 radical (unpaired) electrons. The lowest BCUT2D eigenvalue weighted by Gasteiger charge is -2.36. The lowest BCUT2D eigenvalue weighted by atomic mass is 9.91. The lowest BCUT2D eigenvalue weighted by Crippen LogP contribution is -2.52. The van der Waals surface area contributed by atoms with E-state index in [-0.39, 0.29) is 36.5 Å². The van der Waals surface area contributed by atoms with Crippen LogP contribution in [0.5, 0.6) is 0 Å². The summed E-state index contributed by atoms with van der Waals surface area (Å²) in [6, 6.07) is 14.4.